The van der Waals surface area contributed by atoms with Crippen LogP contribution in [0, 0.1) is 12.3 Å². The Balaban J connectivity index is 1.84. The maximum Gasteiger partial charge on any atom is 0.229 e. The van der Waals surface area contributed by atoms with E-state index < -0.39 is 5.41 Å². The van der Waals surface area contributed by atoms with Crippen molar-refractivity contribution in [2.24, 2.45) is 5.41 Å². The van der Waals surface area contributed by atoms with Crippen molar-refractivity contribution >= 4 is 22.9 Å². The molecule has 0 aliphatic carbocycles. The number of benzene rings is 1. The number of hydrogen-bond donors (Lipinski definition) is 1. The fourth-order valence-electron chi connectivity index (χ4n) is 2.29. The number of aryl methyl sites for hydroxylation is 1. The predicted octanol–water partition coefficient (Wildman–Crippen LogP) is 5.17. The Bertz CT molecular complexity index is 878. The Morgan fingerprint density at radius 2 is 1.80 bits per heavy atom. The SMILES string of the molecule is Cc1sc(-c2ccccn2)nc1-c1ccc(NC(=O)C(C)(C)C)cc1. The van der Waals surface area contributed by atoms with Gasteiger partial charge in [0.25, 0.3) is 0 Å². The summed E-state index contributed by atoms with van der Waals surface area (Å²) in [6.07, 6.45) is 1.78. The van der Waals surface area contributed by atoms with Crippen molar-refractivity contribution in [1.82, 2.24) is 9.97 Å². The normalized spacial score (nSPS) is 11.4. The van der Waals surface area contributed by atoms with Crippen LogP contribution in [0.25, 0.3) is 22.0 Å². The van der Waals surface area contributed by atoms with Gasteiger partial charge in [0.15, 0.2) is 0 Å². The molecule has 0 fully saturated rings. The van der Waals surface area contributed by atoms with E-state index in [1.54, 1.807) is 17.5 Å². The average Bonchev–Trinajstić information content (AvgIpc) is 2.97. The molecule has 2 aromatic heterocycles. The Morgan fingerprint density at radius 1 is 1.08 bits per heavy atom. The molecule has 2 heterocycles. The van der Waals surface area contributed by atoms with Crippen molar-refractivity contribution in [2.75, 3.05) is 5.32 Å². The first kappa shape index (κ1) is 17.3. The summed E-state index contributed by atoms with van der Waals surface area (Å²) in [5, 5.41) is 3.85. The highest BCUT2D eigenvalue weighted by atomic mass is 32.1. The van der Waals surface area contributed by atoms with Crippen LogP contribution in [0.5, 0.6) is 0 Å². The summed E-state index contributed by atoms with van der Waals surface area (Å²) in [5.74, 6) is 0.00234. The molecule has 3 aromatic rings. The summed E-state index contributed by atoms with van der Waals surface area (Å²) in [5.41, 5.74) is 3.25. The second-order valence-corrected chi connectivity index (χ2v) is 8.12. The lowest BCUT2D eigenvalue weighted by molar-refractivity contribution is -0.123. The number of anilines is 1. The molecule has 0 radical (unpaired) electrons. The van der Waals surface area contributed by atoms with Gasteiger partial charge in [0.1, 0.15) is 5.01 Å². The van der Waals surface area contributed by atoms with Crippen molar-refractivity contribution in [3.05, 3.63) is 53.5 Å². The van der Waals surface area contributed by atoms with E-state index in [0.29, 0.717) is 0 Å². The molecule has 0 aliphatic rings. The first-order valence-corrected chi connectivity index (χ1v) is 8.97. The lowest BCUT2D eigenvalue weighted by Gasteiger charge is -2.17. The first-order valence-electron chi connectivity index (χ1n) is 8.15. The van der Waals surface area contributed by atoms with E-state index in [2.05, 4.69) is 17.2 Å². The lowest BCUT2D eigenvalue weighted by atomic mass is 9.95. The minimum Gasteiger partial charge on any atom is -0.326 e. The molecule has 0 unspecified atom stereocenters. The molecule has 0 saturated heterocycles. The Morgan fingerprint density at radius 3 is 2.40 bits per heavy atom. The van der Waals surface area contributed by atoms with Crippen LogP contribution < -0.4 is 5.32 Å². The second-order valence-electron chi connectivity index (χ2n) is 6.92. The van der Waals surface area contributed by atoms with Gasteiger partial charge >= 0.3 is 0 Å². The van der Waals surface area contributed by atoms with E-state index in [4.69, 9.17) is 4.98 Å². The summed E-state index contributed by atoms with van der Waals surface area (Å²) < 4.78 is 0. The summed E-state index contributed by atoms with van der Waals surface area (Å²) in [4.78, 5) is 22.3. The van der Waals surface area contributed by atoms with Crippen molar-refractivity contribution in [1.29, 1.82) is 0 Å². The van der Waals surface area contributed by atoms with Gasteiger partial charge in [-0.25, -0.2) is 4.98 Å². The summed E-state index contributed by atoms with van der Waals surface area (Å²) >= 11 is 1.64. The number of aromatic nitrogens is 2. The van der Waals surface area contributed by atoms with Gasteiger partial charge in [-0.05, 0) is 31.2 Å². The third-order valence-corrected chi connectivity index (χ3v) is 4.77. The highest BCUT2D eigenvalue weighted by Crippen LogP contribution is 2.32. The molecule has 5 heteroatoms. The zero-order valence-corrected chi connectivity index (χ0v) is 15.6. The smallest absolute Gasteiger partial charge is 0.229 e. The van der Waals surface area contributed by atoms with Gasteiger partial charge in [-0.15, -0.1) is 11.3 Å². The molecule has 0 spiro atoms. The van der Waals surface area contributed by atoms with Gasteiger partial charge in [0, 0.05) is 27.7 Å². The van der Waals surface area contributed by atoms with Crippen molar-refractivity contribution in [3.63, 3.8) is 0 Å². The van der Waals surface area contributed by atoms with Crippen LogP contribution in [-0.4, -0.2) is 15.9 Å². The Labute approximate surface area is 152 Å². The van der Waals surface area contributed by atoms with Crippen molar-refractivity contribution in [2.45, 2.75) is 27.7 Å². The molecule has 0 aliphatic heterocycles. The maximum absolute atomic E-state index is 12.1. The summed E-state index contributed by atoms with van der Waals surface area (Å²) in [6.45, 7) is 7.76. The number of amides is 1. The topological polar surface area (TPSA) is 54.9 Å². The summed E-state index contributed by atoms with van der Waals surface area (Å²) in [7, 11) is 0. The molecular formula is C20H21N3OS. The van der Waals surface area contributed by atoms with Gasteiger partial charge in [-0.1, -0.05) is 39.0 Å². The Kier molecular flexibility index (Phi) is 4.68. The highest BCUT2D eigenvalue weighted by Gasteiger charge is 2.21. The number of thiazole rings is 1. The highest BCUT2D eigenvalue weighted by molar-refractivity contribution is 7.15. The quantitative estimate of drug-likeness (QED) is 0.708. The van der Waals surface area contributed by atoms with E-state index in [1.807, 2.05) is 63.2 Å². The van der Waals surface area contributed by atoms with E-state index >= 15 is 0 Å². The molecule has 128 valence electrons. The van der Waals surface area contributed by atoms with Crippen LogP contribution in [0.3, 0.4) is 0 Å². The Hall–Kier alpha value is -2.53. The molecule has 0 bridgehead atoms. The molecule has 1 amide bonds. The number of carbonyl (C=O) groups excluding carboxylic acids is 1. The van der Waals surface area contributed by atoms with Crippen LogP contribution in [0.15, 0.2) is 48.7 Å². The van der Waals surface area contributed by atoms with Crippen LogP contribution in [0.1, 0.15) is 25.6 Å². The number of nitrogens with zero attached hydrogens (tertiary/aromatic N) is 2. The third kappa shape index (κ3) is 3.94. The van der Waals surface area contributed by atoms with E-state index in [1.165, 1.54) is 0 Å². The van der Waals surface area contributed by atoms with Gasteiger partial charge in [-0.2, -0.15) is 0 Å². The monoisotopic (exact) mass is 351 g/mol. The minimum absolute atomic E-state index is 0.00234. The van der Waals surface area contributed by atoms with E-state index in [-0.39, 0.29) is 5.91 Å². The minimum atomic E-state index is -0.415. The van der Waals surface area contributed by atoms with Gasteiger partial charge < -0.3 is 5.32 Å². The van der Waals surface area contributed by atoms with E-state index in [0.717, 1.165) is 32.5 Å². The average molecular weight is 351 g/mol. The zero-order chi connectivity index (χ0) is 18.0. The standard InChI is InChI=1S/C20H21N3OS/c1-13-17(23-18(25-13)16-7-5-6-12-21-16)14-8-10-15(11-9-14)22-19(24)20(2,3)4/h5-12H,1-4H3,(H,22,24). The first-order chi connectivity index (χ1) is 11.8. The molecular weight excluding hydrogens is 330 g/mol. The van der Waals surface area contributed by atoms with Crippen molar-refractivity contribution in [3.8, 4) is 22.0 Å². The van der Waals surface area contributed by atoms with Crippen LogP contribution in [0.2, 0.25) is 0 Å². The molecule has 1 N–H and O–H groups in total. The van der Waals surface area contributed by atoms with Gasteiger partial charge in [-0.3, -0.25) is 9.78 Å². The zero-order valence-electron chi connectivity index (χ0n) is 14.8. The number of rotatable bonds is 3. The number of carbonyl (C=O) groups is 1. The largest absolute Gasteiger partial charge is 0.326 e. The molecule has 4 nitrogen and oxygen atoms in total. The van der Waals surface area contributed by atoms with Crippen LogP contribution in [-0.2, 0) is 4.79 Å². The van der Waals surface area contributed by atoms with Gasteiger partial charge in [0.05, 0.1) is 11.4 Å². The molecule has 0 saturated carbocycles. The second kappa shape index (κ2) is 6.76. The molecule has 3 rings (SSSR count). The number of hydrogen-bond acceptors (Lipinski definition) is 4. The van der Waals surface area contributed by atoms with Crippen molar-refractivity contribution < 1.29 is 4.79 Å². The third-order valence-electron chi connectivity index (χ3n) is 3.78. The summed E-state index contributed by atoms with van der Waals surface area (Å²) in [6, 6.07) is 13.6. The fourth-order valence-corrected chi connectivity index (χ4v) is 3.21. The lowest BCUT2D eigenvalue weighted by Crippen LogP contribution is -2.27. The predicted molar refractivity (Wildman–Crippen MR) is 104 cm³/mol. The molecule has 0 atom stereocenters. The van der Waals surface area contributed by atoms with Crippen LogP contribution >= 0.6 is 11.3 Å². The molecule has 1 aromatic carbocycles. The molecule has 25 heavy (non-hydrogen) atoms. The van der Waals surface area contributed by atoms with Gasteiger partial charge in [0.2, 0.25) is 5.91 Å². The van der Waals surface area contributed by atoms with E-state index in [9.17, 15) is 4.79 Å². The fraction of sp³-hybridized carbons (Fsp3) is 0.250. The van der Waals surface area contributed by atoms with Crippen LogP contribution in [0.4, 0.5) is 5.69 Å². The number of nitrogens with one attached hydrogen (secondary N) is 1. The number of pyridine rings is 1. The maximum atomic E-state index is 12.1.